The molecule has 0 aliphatic carbocycles. The first-order valence-corrected chi connectivity index (χ1v) is 18.1. The number of hydrogen-bond acceptors (Lipinski definition) is 7. The van der Waals surface area contributed by atoms with E-state index < -0.39 is 18.1 Å². The van der Waals surface area contributed by atoms with Gasteiger partial charge in [-0.25, -0.2) is 0 Å². The SMILES string of the molecule is CCCCCCCCCCCCCCCCCC(=O)OC(COCCC(C(=O)[O-])[N+](C)(C)C)COC(=O)CCCCCCC. The Morgan fingerprint density at radius 1 is 0.591 bits per heavy atom. The second-order valence-electron chi connectivity index (χ2n) is 13.5. The Morgan fingerprint density at radius 3 is 1.41 bits per heavy atom. The van der Waals surface area contributed by atoms with Crippen molar-refractivity contribution >= 4 is 17.9 Å². The van der Waals surface area contributed by atoms with E-state index in [0.717, 1.165) is 51.4 Å². The van der Waals surface area contributed by atoms with E-state index >= 15 is 0 Å². The van der Waals surface area contributed by atoms with E-state index in [4.69, 9.17) is 14.2 Å². The van der Waals surface area contributed by atoms with Gasteiger partial charge in [0.05, 0.1) is 40.3 Å². The Hall–Kier alpha value is -1.67. The normalized spacial score (nSPS) is 13.0. The molecule has 0 aliphatic rings. The van der Waals surface area contributed by atoms with Crippen molar-refractivity contribution in [1.29, 1.82) is 0 Å². The fourth-order valence-electron chi connectivity index (χ4n) is 5.36. The van der Waals surface area contributed by atoms with Crippen molar-refractivity contribution < 1.29 is 38.2 Å². The van der Waals surface area contributed by atoms with Gasteiger partial charge in [0.15, 0.2) is 6.10 Å². The highest BCUT2D eigenvalue weighted by Crippen LogP contribution is 2.15. The number of ether oxygens (including phenoxy) is 3. The number of esters is 2. The van der Waals surface area contributed by atoms with Crippen LogP contribution >= 0.6 is 0 Å². The molecular weight excluding hydrogens is 558 g/mol. The number of hydrogen-bond donors (Lipinski definition) is 0. The van der Waals surface area contributed by atoms with E-state index in [1.807, 2.05) is 0 Å². The number of likely N-dealkylation sites (N-methyl/N-ethyl adjacent to an activating group) is 1. The van der Waals surface area contributed by atoms with Gasteiger partial charge in [0, 0.05) is 19.3 Å². The van der Waals surface area contributed by atoms with Gasteiger partial charge in [-0.05, 0) is 12.8 Å². The molecule has 0 saturated heterocycles. The van der Waals surface area contributed by atoms with Crippen LogP contribution in [-0.2, 0) is 28.6 Å². The van der Waals surface area contributed by atoms with Gasteiger partial charge in [0.2, 0.25) is 0 Å². The van der Waals surface area contributed by atoms with E-state index in [0.29, 0.717) is 12.8 Å². The summed E-state index contributed by atoms with van der Waals surface area (Å²) in [5, 5.41) is 11.5. The molecule has 0 aromatic heterocycles. The first kappa shape index (κ1) is 42.3. The third-order valence-electron chi connectivity index (χ3n) is 8.24. The van der Waals surface area contributed by atoms with Crippen LogP contribution in [0.4, 0.5) is 0 Å². The summed E-state index contributed by atoms with van der Waals surface area (Å²) in [4.78, 5) is 36.3. The number of carbonyl (C=O) groups excluding carboxylic acids is 3. The second kappa shape index (κ2) is 28.8. The Balaban J connectivity index is 4.29. The van der Waals surface area contributed by atoms with Crippen LogP contribution in [0.5, 0.6) is 0 Å². The van der Waals surface area contributed by atoms with Crippen LogP contribution in [0.25, 0.3) is 0 Å². The zero-order chi connectivity index (χ0) is 32.9. The van der Waals surface area contributed by atoms with Crippen molar-refractivity contribution in [2.45, 2.75) is 174 Å². The van der Waals surface area contributed by atoms with Crippen LogP contribution in [0, 0.1) is 0 Å². The van der Waals surface area contributed by atoms with Crippen molar-refractivity contribution in [2.75, 3.05) is 41.0 Å². The molecule has 0 radical (unpaired) electrons. The molecule has 0 aliphatic heterocycles. The smallest absolute Gasteiger partial charge is 0.306 e. The summed E-state index contributed by atoms with van der Waals surface area (Å²) >= 11 is 0. The molecule has 0 fully saturated rings. The Morgan fingerprint density at radius 2 is 1.00 bits per heavy atom. The summed E-state index contributed by atoms with van der Waals surface area (Å²) in [6.07, 6.45) is 24.4. The Bertz CT molecular complexity index is 707. The lowest BCUT2D eigenvalue weighted by Gasteiger charge is -2.34. The lowest BCUT2D eigenvalue weighted by atomic mass is 10.0. The highest BCUT2D eigenvalue weighted by molar-refractivity contribution is 5.70. The zero-order valence-corrected chi connectivity index (χ0v) is 29.3. The fraction of sp³-hybridized carbons (Fsp3) is 0.917. The van der Waals surface area contributed by atoms with Crippen LogP contribution in [-0.4, -0.2) is 75.5 Å². The molecule has 0 N–H and O–H groups in total. The van der Waals surface area contributed by atoms with Gasteiger partial charge in [-0.2, -0.15) is 0 Å². The maximum absolute atomic E-state index is 12.6. The standard InChI is InChI=1S/C36H69NO7/c1-6-8-10-12-13-14-15-16-17-18-19-20-21-23-25-27-35(39)44-32(31-43-34(38)26-24-22-11-9-7-2)30-42-29-28-33(36(40)41)37(3,4)5/h32-33H,6-31H2,1-5H3. The maximum Gasteiger partial charge on any atom is 0.306 e. The quantitative estimate of drug-likeness (QED) is 0.0438. The largest absolute Gasteiger partial charge is 0.544 e. The Labute approximate surface area is 270 Å². The van der Waals surface area contributed by atoms with E-state index in [1.54, 1.807) is 21.1 Å². The van der Waals surface area contributed by atoms with Crippen LogP contribution in [0.2, 0.25) is 0 Å². The number of carboxylic acid groups (broad SMARTS) is 1. The minimum Gasteiger partial charge on any atom is -0.544 e. The minimum absolute atomic E-state index is 0.0469. The molecule has 0 rings (SSSR count). The van der Waals surface area contributed by atoms with Crippen molar-refractivity contribution in [3.8, 4) is 0 Å². The summed E-state index contributed by atoms with van der Waals surface area (Å²) < 4.78 is 16.9. The van der Waals surface area contributed by atoms with Gasteiger partial charge in [-0.15, -0.1) is 0 Å². The predicted molar refractivity (Wildman–Crippen MR) is 176 cm³/mol. The fourth-order valence-corrected chi connectivity index (χ4v) is 5.36. The third-order valence-corrected chi connectivity index (χ3v) is 8.24. The third kappa shape index (κ3) is 26.7. The number of unbranched alkanes of at least 4 members (excludes halogenated alkanes) is 18. The maximum atomic E-state index is 12.6. The van der Waals surface area contributed by atoms with Gasteiger partial charge in [0.1, 0.15) is 12.6 Å². The number of aliphatic carboxylic acids is 1. The van der Waals surface area contributed by atoms with Gasteiger partial charge < -0.3 is 28.6 Å². The molecule has 0 spiro atoms. The van der Waals surface area contributed by atoms with E-state index in [1.165, 1.54) is 77.0 Å². The van der Waals surface area contributed by atoms with Crippen LogP contribution < -0.4 is 5.11 Å². The number of quaternary nitrogens is 1. The molecule has 2 atom stereocenters. The lowest BCUT2D eigenvalue weighted by Crippen LogP contribution is -2.55. The zero-order valence-electron chi connectivity index (χ0n) is 29.3. The first-order valence-electron chi connectivity index (χ1n) is 18.1. The van der Waals surface area contributed by atoms with Crippen LogP contribution in [0.1, 0.15) is 162 Å². The molecule has 260 valence electrons. The van der Waals surface area contributed by atoms with E-state index in [-0.39, 0.29) is 42.7 Å². The average molecular weight is 628 g/mol. The summed E-state index contributed by atoms with van der Waals surface area (Å²) in [7, 11) is 5.39. The number of carbonyl (C=O) groups is 3. The van der Waals surface area contributed by atoms with Gasteiger partial charge in [-0.3, -0.25) is 9.59 Å². The molecule has 0 aromatic rings. The predicted octanol–water partition coefficient (Wildman–Crippen LogP) is 7.29. The molecule has 8 nitrogen and oxygen atoms in total. The van der Waals surface area contributed by atoms with E-state index in [2.05, 4.69) is 13.8 Å². The molecule has 44 heavy (non-hydrogen) atoms. The summed E-state index contributed by atoms with van der Waals surface area (Å²) in [5.74, 6) is -1.74. The van der Waals surface area contributed by atoms with Crippen molar-refractivity contribution in [2.24, 2.45) is 0 Å². The van der Waals surface area contributed by atoms with Gasteiger partial charge in [-0.1, -0.05) is 129 Å². The summed E-state index contributed by atoms with van der Waals surface area (Å²) in [5.41, 5.74) is 0. The molecule has 0 bridgehead atoms. The number of rotatable bonds is 32. The van der Waals surface area contributed by atoms with Crippen molar-refractivity contribution in [1.82, 2.24) is 0 Å². The summed E-state index contributed by atoms with van der Waals surface area (Å²) in [6, 6.07) is -0.716. The second-order valence-corrected chi connectivity index (χ2v) is 13.5. The van der Waals surface area contributed by atoms with Crippen LogP contribution in [0.15, 0.2) is 0 Å². The number of carboxylic acids is 1. The molecule has 0 heterocycles. The molecule has 0 aromatic carbocycles. The monoisotopic (exact) mass is 628 g/mol. The number of nitrogens with zero attached hydrogens (tertiary/aromatic N) is 1. The van der Waals surface area contributed by atoms with Gasteiger partial charge >= 0.3 is 11.9 Å². The van der Waals surface area contributed by atoms with Crippen molar-refractivity contribution in [3.63, 3.8) is 0 Å². The molecule has 0 saturated carbocycles. The highest BCUT2D eigenvalue weighted by atomic mass is 16.6. The minimum atomic E-state index is -1.12. The molecule has 0 amide bonds. The lowest BCUT2D eigenvalue weighted by molar-refractivity contribution is -0.889. The Kier molecular flexibility index (Phi) is 27.7. The molecular formula is C36H69NO7. The molecule has 8 heteroatoms. The average Bonchev–Trinajstić information content (AvgIpc) is 2.96. The highest BCUT2D eigenvalue weighted by Gasteiger charge is 2.25. The van der Waals surface area contributed by atoms with Crippen LogP contribution in [0.3, 0.4) is 0 Å². The summed E-state index contributed by atoms with van der Waals surface area (Å²) in [6.45, 7) is 4.58. The first-order chi connectivity index (χ1) is 21.1. The topological polar surface area (TPSA) is 102 Å². The van der Waals surface area contributed by atoms with Crippen molar-refractivity contribution in [3.05, 3.63) is 0 Å². The van der Waals surface area contributed by atoms with E-state index in [9.17, 15) is 19.5 Å². The van der Waals surface area contributed by atoms with Gasteiger partial charge in [0.25, 0.3) is 0 Å². The molecule has 2 unspecified atom stereocenters.